The zero-order valence-electron chi connectivity index (χ0n) is 6.95. The molecule has 3 nitrogen and oxygen atoms in total. The smallest absolute Gasteiger partial charge is 0.338 e. The summed E-state index contributed by atoms with van der Waals surface area (Å²) in [6, 6.07) is 3.41. The van der Waals surface area contributed by atoms with E-state index in [-0.39, 0.29) is 5.56 Å². The van der Waals surface area contributed by atoms with E-state index in [1.807, 2.05) is 0 Å². The summed E-state index contributed by atoms with van der Waals surface area (Å²) in [6.07, 6.45) is 0.378. The molecule has 1 rings (SSSR count). The van der Waals surface area contributed by atoms with Crippen molar-refractivity contribution in [1.29, 1.82) is 0 Å². The molecule has 0 bridgehead atoms. The molecule has 0 amide bonds. The standard InChI is InChI=1S/C10H5FO3/c11-9-6-7(2-1-5-12)3-4-8(9)10(13)14/h3-6H,(H,13,14). The summed E-state index contributed by atoms with van der Waals surface area (Å²) in [5.41, 5.74) is -0.152. The Labute approximate surface area is 79.2 Å². The quantitative estimate of drug-likeness (QED) is 0.535. The van der Waals surface area contributed by atoms with Crippen LogP contribution in [0.4, 0.5) is 4.39 Å². The Bertz CT molecular complexity index is 440. The molecule has 0 saturated heterocycles. The van der Waals surface area contributed by atoms with Crippen molar-refractivity contribution in [3.8, 4) is 11.8 Å². The molecule has 14 heavy (non-hydrogen) atoms. The summed E-state index contributed by atoms with van der Waals surface area (Å²) in [6.45, 7) is 0. The number of halogens is 1. The van der Waals surface area contributed by atoms with Crippen molar-refractivity contribution < 1.29 is 19.1 Å². The molecule has 0 saturated carbocycles. The summed E-state index contributed by atoms with van der Waals surface area (Å²) < 4.78 is 13.0. The first-order valence-corrected chi connectivity index (χ1v) is 3.63. The third kappa shape index (κ3) is 2.17. The van der Waals surface area contributed by atoms with Gasteiger partial charge >= 0.3 is 5.97 Å². The van der Waals surface area contributed by atoms with Gasteiger partial charge in [0.1, 0.15) is 5.82 Å². The summed E-state index contributed by atoms with van der Waals surface area (Å²) in [4.78, 5) is 20.3. The lowest BCUT2D eigenvalue weighted by Crippen LogP contribution is -2.00. The van der Waals surface area contributed by atoms with Crippen LogP contribution >= 0.6 is 0 Å². The molecule has 4 heteroatoms. The van der Waals surface area contributed by atoms with Gasteiger partial charge in [0.25, 0.3) is 0 Å². The highest BCUT2D eigenvalue weighted by Crippen LogP contribution is 2.09. The Morgan fingerprint density at radius 1 is 1.50 bits per heavy atom. The van der Waals surface area contributed by atoms with Crippen LogP contribution in [0.5, 0.6) is 0 Å². The van der Waals surface area contributed by atoms with Crippen molar-refractivity contribution in [2.24, 2.45) is 0 Å². The van der Waals surface area contributed by atoms with Crippen LogP contribution in [0.15, 0.2) is 18.2 Å². The second kappa shape index (κ2) is 4.19. The number of aromatic carboxylic acids is 1. The second-order valence-electron chi connectivity index (χ2n) is 2.39. The van der Waals surface area contributed by atoms with E-state index in [2.05, 4.69) is 11.8 Å². The first-order valence-electron chi connectivity index (χ1n) is 3.63. The third-order valence-corrected chi connectivity index (χ3v) is 1.47. The van der Waals surface area contributed by atoms with Gasteiger partial charge in [0.15, 0.2) is 6.29 Å². The van der Waals surface area contributed by atoms with Gasteiger partial charge in [0.05, 0.1) is 5.56 Å². The SMILES string of the molecule is O=CC#Cc1ccc(C(=O)O)c(F)c1. The lowest BCUT2D eigenvalue weighted by molar-refractivity contribution is -0.103. The minimum absolute atomic E-state index is 0.264. The molecule has 0 heterocycles. The molecule has 70 valence electrons. The van der Waals surface area contributed by atoms with Crippen LogP contribution in [0, 0.1) is 17.7 Å². The van der Waals surface area contributed by atoms with Gasteiger partial charge in [-0.15, -0.1) is 0 Å². The molecule has 1 aromatic carbocycles. The maximum atomic E-state index is 13.0. The van der Waals surface area contributed by atoms with E-state index >= 15 is 0 Å². The summed E-state index contributed by atoms with van der Waals surface area (Å²) in [5.74, 6) is 2.24. The molecule has 0 fully saturated rings. The molecular formula is C10H5FO3. The van der Waals surface area contributed by atoms with E-state index < -0.39 is 17.3 Å². The fourth-order valence-corrected chi connectivity index (χ4v) is 0.879. The van der Waals surface area contributed by atoms with Crippen molar-refractivity contribution in [1.82, 2.24) is 0 Å². The zero-order chi connectivity index (χ0) is 10.6. The number of rotatable bonds is 1. The van der Waals surface area contributed by atoms with Crippen molar-refractivity contribution in [3.05, 3.63) is 35.1 Å². The Morgan fingerprint density at radius 2 is 2.21 bits per heavy atom. The Kier molecular flexibility index (Phi) is 2.97. The van der Waals surface area contributed by atoms with E-state index in [0.29, 0.717) is 6.29 Å². The van der Waals surface area contributed by atoms with E-state index in [9.17, 15) is 14.0 Å². The largest absolute Gasteiger partial charge is 0.478 e. The van der Waals surface area contributed by atoms with Gasteiger partial charge in [-0.2, -0.15) is 0 Å². The molecule has 0 radical (unpaired) electrons. The number of benzene rings is 1. The minimum atomic E-state index is -1.34. The topological polar surface area (TPSA) is 54.4 Å². The molecule has 0 spiro atoms. The van der Waals surface area contributed by atoms with Crippen LogP contribution in [0.3, 0.4) is 0 Å². The molecule has 0 unspecified atom stereocenters. The fourth-order valence-electron chi connectivity index (χ4n) is 0.879. The highest BCUT2D eigenvalue weighted by atomic mass is 19.1. The van der Waals surface area contributed by atoms with Gasteiger partial charge in [-0.05, 0) is 24.1 Å². The van der Waals surface area contributed by atoms with Crippen molar-refractivity contribution in [2.75, 3.05) is 0 Å². The third-order valence-electron chi connectivity index (χ3n) is 1.47. The molecule has 0 aliphatic heterocycles. The molecular weight excluding hydrogens is 187 g/mol. The summed E-state index contributed by atoms with van der Waals surface area (Å²) in [7, 11) is 0. The van der Waals surface area contributed by atoms with Crippen molar-refractivity contribution in [2.45, 2.75) is 0 Å². The lowest BCUT2D eigenvalue weighted by atomic mass is 10.1. The van der Waals surface area contributed by atoms with Crippen LogP contribution in [0.25, 0.3) is 0 Å². The predicted molar refractivity (Wildman–Crippen MR) is 46.3 cm³/mol. The fraction of sp³-hybridized carbons (Fsp3) is 0. The average Bonchev–Trinajstić information content (AvgIpc) is 2.14. The Morgan fingerprint density at radius 3 is 2.71 bits per heavy atom. The molecule has 0 atom stereocenters. The Balaban J connectivity index is 3.12. The Hall–Kier alpha value is -2.15. The van der Waals surface area contributed by atoms with Gasteiger partial charge in [-0.3, -0.25) is 4.79 Å². The van der Waals surface area contributed by atoms with Crippen molar-refractivity contribution in [3.63, 3.8) is 0 Å². The van der Waals surface area contributed by atoms with Gasteiger partial charge in [0.2, 0.25) is 0 Å². The highest BCUT2D eigenvalue weighted by Gasteiger charge is 2.09. The minimum Gasteiger partial charge on any atom is -0.478 e. The predicted octanol–water partition coefficient (Wildman–Crippen LogP) is 1.07. The van der Waals surface area contributed by atoms with Crippen LogP contribution in [-0.2, 0) is 4.79 Å². The van der Waals surface area contributed by atoms with Crippen LogP contribution in [0.1, 0.15) is 15.9 Å². The van der Waals surface area contributed by atoms with E-state index in [0.717, 1.165) is 12.1 Å². The van der Waals surface area contributed by atoms with Crippen LogP contribution < -0.4 is 0 Å². The highest BCUT2D eigenvalue weighted by molar-refractivity contribution is 5.88. The zero-order valence-corrected chi connectivity index (χ0v) is 6.95. The molecule has 1 N–H and O–H groups in total. The second-order valence-corrected chi connectivity index (χ2v) is 2.39. The lowest BCUT2D eigenvalue weighted by Gasteiger charge is -1.96. The van der Waals surface area contributed by atoms with Gasteiger partial charge in [-0.25, -0.2) is 9.18 Å². The number of carboxylic acids is 1. The van der Waals surface area contributed by atoms with Crippen molar-refractivity contribution >= 4 is 12.3 Å². The van der Waals surface area contributed by atoms with E-state index in [1.54, 1.807) is 0 Å². The first kappa shape index (κ1) is 9.93. The number of aldehydes is 1. The number of carbonyl (C=O) groups excluding carboxylic acids is 1. The maximum absolute atomic E-state index is 13.0. The molecule has 0 aliphatic carbocycles. The van der Waals surface area contributed by atoms with Crippen LogP contribution in [-0.4, -0.2) is 17.4 Å². The number of hydrogen-bond donors (Lipinski definition) is 1. The molecule has 0 aliphatic rings. The number of carbonyl (C=O) groups is 2. The first-order chi connectivity index (χ1) is 6.65. The van der Waals surface area contributed by atoms with E-state index in [1.165, 1.54) is 6.07 Å². The monoisotopic (exact) mass is 192 g/mol. The van der Waals surface area contributed by atoms with Crippen LogP contribution in [0.2, 0.25) is 0 Å². The molecule has 0 aromatic heterocycles. The van der Waals surface area contributed by atoms with E-state index in [4.69, 9.17) is 5.11 Å². The van der Waals surface area contributed by atoms with Gasteiger partial charge in [0, 0.05) is 5.56 Å². The van der Waals surface area contributed by atoms with Gasteiger partial charge in [-0.1, -0.05) is 5.92 Å². The van der Waals surface area contributed by atoms with Gasteiger partial charge < -0.3 is 5.11 Å². The normalized spacial score (nSPS) is 8.64. The number of carboxylic acid groups (broad SMARTS) is 1. The molecule has 1 aromatic rings. The summed E-state index contributed by atoms with van der Waals surface area (Å²) >= 11 is 0. The summed E-state index contributed by atoms with van der Waals surface area (Å²) in [5, 5.41) is 8.50. The maximum Gasteiger partial charge on any atom is 0.338 e. The number of hydrogen-bond acceptors (Lipinski definition) is 2. The average molecular weight is 192 g/mol.